The lowest BCUT2D eigenvalue weighted by atomic mass is 10.1. The van der Waals surface area contributed by atoms with Gasteiger partial charge in [0.25, 0.3) is 0 Å². The third-order valence-electron chi connectivity index (χ3n) is 2.69. The van der Waals surface area contributed by atoms with E-state index in [1.807, 2.05) is 11.7 Å². The van der Waals surface area contributed by atoms with Crippen LogP contribution in [-0.4, -0.2) is 16.8 Å². The lowest BCUT2D eigenvalue weighted by Gasteiger charge is -2.18. The molecule has 0 bridgehead atoms. The number of hydrogen-bond donors (Lipinski definition) is 1. The van der Waals surface area contributed by atoms with E-state index in [0.29, 0.717) is 5.02 Å². The third-order valence-corrected chi connectivity index (χ3v) is 5.37. The van der Waals surface area contributed by atoms with Crippen molar-refractivity contribution in [2.24, 2.45) is 0 Å². The van der Waals surface area contributed by atoms with Crippen LogP contribution in [0.1, 0.15) is 24.2 Å². The van der Waals surface area contributed by atoms with Gasteiger partial charge in [-0.05, 0) is 51.9 Å². The lowest BCUT2D eigenvalue weighted by molar-refractivity contribution is 0.563. The van der Waals surface area contributed by atoms with E-state index in [4.69, 9.17) is 11.6 Å². The normalized spacial score (nSPS) is 12.9. The fourth-order valence-electron chi connectivity index (χ4n) is 1.90. The number of halogens is 3. The summed E-state index contributed by atoms with van der Waals surface area (Å²) in [5, 5.41) is 8.27. The predicted octanol–water partition coefficient (Wildman–Crippen LogP) is 4.45. The summed E-state index contributed by atoms with van der Waals surface area (Å²) in [6.45, 7) is 2.85. The van der Waals surface area contributed by atoms with Crippen LogP contribution in [-0.2, 0) is 6.54 Å². The van der Waals surface area contributed by atoms with Crippen molar-refractivity contribution in [2.75, 3.05) is 7.05 Å². The molecule has 0 amide bonds. The molecule has 0 aliphatic carbocycles. The zero-order chi connectivity index (χ0) is 13.3. The molecule has 1 atom stereocenters. The molecule has 7 heteroatoms. The highest BCUT2D eigenvalue weighted by atomic mass is 79.9. The monoisotopic (exact) mass is 411 g/mol. The van der Waals surface area contributed by atoms with Crippen molar-refractivity contribution in [2.45, 2.75) is 19.5 Å². The van der Waals surface area contributed by atoms with Crippen LogP contribution >= 0.6 is 54.8 Å². The van der Waals surface area contributed by atoms with Gasteiger partial charge in [0.15, 0.2) is 0 Å². The minimum Gasteiger partial charge on any atom is -0.308 e. The molecule has 0 fully saturated rings. The maximum Gasteiger partial charge on any atom is 0.0837 e. The molecule has 2 rings (SSSR count). The van der Waals surface area contributed by atoms with E-state index in [-0.39, 0.29) is 6.04 Å². The summed E-state index contributed by atoms with van der Waals surface area (Å²) in [5.41, 5.74) is 2.15. The van der Waals surface area contributed by atoms with Crippen LogP contribution in [0.4, 0.5) is 0 Å². The van der Waals surface area contributed by atoms with Crippen molar-refractivity contribution >= 4 is 54.8 Å². The zero-order valence-electron chi connectivity index (χ0n) is 9.88. The van der Waals surface area contributed by atoms with Gasteiger partial charge in [0.05, 0.1) is 30.5 Å². The molecule has 0 aromatic carbocycles. The minimum absolute atomic E-state index is 0.0249. The highest BCUT2D eigenvalue weighted by Gasteiger charge is 2.23. The van der Waals surface area contributed by atoms with E-state index in [9.17, 15) is 0 Å². The van der Waals surface area contributed by atoms with Crippen LogP contribution < -0.4 is 5.32 Å². The molecule has 2 heterocycles. The second-order valence-electron chi connectivity index (χ2n) is 3.69. The molecule has 0 aliphatic heterocycles. The van der Waals surface area contributed by atoms with Gasteiger partial charge in [-0.2, -0.15) is 5.10 Å². The molecule has 0 aliphatic rings. The lowest BCUT2D eigenvalue weighted by Crippen LogP contribution is -2.21. The molecule has 2 aromatic heterocycles. The first-order chi connectivity index (χ1) is 8.58. The number of nitrogens with zero attached hydrogens (tertiary/aromatic N) is 2. The standard InChI is InChI=1S/C11H12Br2ClN3S/c1-3-17-10(7(14)5-16-17)9(15-2)6-4-8(12)18-11(6)13/h4-5,9,15H,3H2,1-2H3. The number of aromatic nitrogens is 2. The second kappa shape index (κ2) is 6.05. The maximum atomic E-state index is 6.26. The first kappa shape index (κ1) is 14.5. The van der Waals surface area contributed by atoms with Gasteiger partial charge in [-0.1, -0.05) is 11.6 Å². The van der Waals surface area contributed by atoms with Gasteiger partial charge in [-0.15, -0.1) is 11.3 Å². The highest BCUT2D eigenvalue weighted by molar-refractivity contribution is 9.12. The van der Waals surface area contributed by atoms with E-state index in [0.717, 1.165) is 25.4 Å². The second-order valence-corrected chi connectivity index (χ2v) is 7.85. The van der Waals surface area contributed by atoms with Crippen molar-refractivity contribution in [3.05, 3.63) is 36.1 Å². The first-order valence-corrected chi connectivity index (χ1v) is 8.19. The van der Waals surface area contributed by atoms with Crippen LogP contribution in [0.5, 0.6) is 0 Å². The van der Waals surface area contributed by atoms with E-state index in [1.54, 1.807) is 17.5 Å². The summed E-state index contributed by atoms with van der Waals surface area (Å²) in [6, 6.07) is 2.12. The van der Waals surface area contributed by atoms with Gasteiger partial charge >= 0.3 is 0 Å². The molecular formula is C11H12Br2ClN3S. The summed E-state index contributed by atoms with van der Waals surface area (Å²) in [5.74, 6) is 0. The van der Waals surface area contributed by atoms with Gasteiger partial charge in [0.1, 0.15) is 0 Å². The van der Waals surface area contributed by atoms with Gasteiger partial charge in [0, 0.05) is 12.1 Å². The van der Waals surface area contributed by atoms with Crippen molar-refractivity contribution in [1.29, 1.82) is 0 Å². The van der Waals surface area contributed by atoms with E-state index in [1.165, 1.54) is 0 Å². The summed E-state index contributed by atoms with van der Waals surface area (Å²) < 4.78 is 4.10. The average Bonchev–Trinajstić information content (AvgIpc) is 2.85. The Morgan fingerprint density at radius 1 is 1.56 bits per heavy atom. The molecule has 1 unspecified atom stereocenters. The van der Waals surface area contributed by atoms with Gasteiger partial charge < -0.3 is 5.32 Å². The van der Waals surface area contributed by atoms with Crippen molar-refractivity contribution in [3.63, 3.8) is 0 Å². The van der Waals surface area contributed by atoms with E-state index >= 15 is 0 Å². The molecule has 0 spiro atoms. The van der Waals surface area contributed by atoms with E-state index < -0.39 is 0 Å². The number of thiophene rings is 1. The van der Waals surface area contributed by atoms with Gasteiger partial charge in [-0.25, -0.2) is 0 Å². The Balaban J connectivity index is 2.51. The fourth-order valence-corrected chi connectivity index (χ4v) is 5.05. The average molecular weight is 414 g/mol. The zero-order valence-corrected chi connectivity index (χ0v) is 14.6. The van der Waals surface area contributed by atoms with Crippen LogP contribution in [0.3, 0.4) is 0 Å². The molecule has 0 saturated heterocycles. The molecule has 2 aromatic rings. The summed E-state index contributed by atoms with van der Waals surface area (Å²) >= 11 is 15.0. The van der Waals surface area contributed by atoms with Crippen LogP contribution in [0.15, 0.2) is 19.8 Å². The van der Waals surface area contributed by atoms with E-state index in [2.05, 4.69) is 55.3 Å². The Hall–Kier alpha value is 0.120. The summed E-state index contributed by atoms with van der Waals surface area (Å²) in [6.07, 6.45) is 1.69. The van der Waals surface area contributed by atoms with Crippen molar-refractivity contribution < 1.29 is 0 Å². The van der Waals surface area contributed by atoms with Crippen LogP contribution in [0, 0.1) is 0 Å². The molecular weight excluding hydrogens is 401 g/mol. The third kappa shape index (κ3) is 2.67. The Bertz CT molecular complexity index is 552. The maximum absolute atomic E-state index is 6.26. The number of hydrogen-bond acceptors (Lipinski definition) is 3. The number of rotatable bonds is 4. The van der Waals surface area contributed by atoms with Gasteiger partial charge in [-0.3, -0.25) is 4.68 Å². The number of nitrogens with one attached hydrogen (secondary N) is 1. The van der Waals surface area contributed by atoms with Crippen molar-refractivity contribution in [3.8, 4) is 0 Å². The van der Waals surface area contributed by atoms with Crippen LogP contribution in [0.2, 0.25) is 5.02 Å². The van der Waals surface area contributed by atoms with Gasteiger partial charge in [0.2, 0.25) is 0 Å². The Kier molecular flexibility index (Phi) is 4.88. The summed E-state index contributed by atoms with van der Waals surface area (Å²) in [7, 11) is 1.92. The van der Waals surface area contributed by atoms with Crippen LogP contribution in [0.25, 0.3) is 0 Å². The first-order valence-electron chi connectivity index (χ1n) is 5.41. The molecule has 18 heavy (non-hydrogen) atoms. The molecule has 3 nitrogen and oxygen atoms in total. The fraction of sp³-hybridized carbons (Fsp3) is 0.364. The molecule has 0 radical (unpaired) electrons. The molecule has 0 saturated carbocycles. The molecule has 1 N–H and O–H groups in total. The number of aryl methyl sites for hydroxylation is 1. The smallest absolute Gasteiger partial charge is 0.0837 e. The summed E-state index contributed by atoms with van der Waals surface area (Å²) in [4.78, 5) is 0. The SMILES string of the molecule is CCn1ncc(Cl)c1C(NC)c1cc(Br)sc1Br. The highest BCUT2D eigenvalue weighted by Crippen LogP contribution is 2.39. The van der Waals surface area contributed by atoms with Crippen molar-refractivity contribution in [1.82, 2.24) is 15.1 Å². The molecule has 98 valence electrons. The predicted molar refractivity (Wildman–Crippen MR) is 83.5 cm³/mol. The minimum atomic E-state index is 0.0249. The topological polar surface area (TPSA) is 29.9 Å². The largest absolute Gasteiger partial charge is 0.308 e. The Labute approximate surface area is 132 Å². The Morgan fingerprint density at radius 3 is 2.78 bits per heavy atom. The Morgan fingerprint density at radius 2 is 2.28 bits per heavy atom. The quantitative estimate of drug-likeness (QED) is 0.803.